The second-order valence-corrected chi connectivity index (χ2v) is 19.5. The lowest BCUT2D eigenvalue weighted by Crippen LogP contribution is -2.52. The van der Waals surface area contributed by atoms with E-state index in [-0.39, 0.29) is 59.2 Å². The van der Waals surface area contributed by atoms with Gasteiger partial charge in [0, 0.05) is 71.7 Å². The SMILES string of the molecule is CC1(C)CNc2c(cc(CCC(=O)N3CCN(CC(=O)N4CCOCC4)CC3)cc2S(=O)(=O)N[C@@H](Cc2nc3ccccc3s2)C(=O)N2CCC(CCF)CC2)C1.Cl. The summed E-state index contributed by atoms with van der Waals surface area (Å²) in [6.45, 7) is 10.3. The van der Waals surface area contributed by atoms with Crippen molar-refractivity contribution in [2.75, 3.05) is 90.7 Å². The number of hydrogen-bond acceptors (Lipinski definition) is 10. The van der Waals surface area contributed by atoms with Gasteiger partial charge >= 0.3 is 0 Å². The van der Waals surface area contributed by atoms with Crippen LogP contribution in [-0.2, 0) is 48.4 Å². The molecule has 5 heterocycles. The highest BCUT2D eigenvalue weighted by Gasteiger charge is 2.36. The number of thiazole rings is 1. The zero-order chi connectivity index (χ0) is 40.2. The molecule has 3 aromatic rings. The molecule has 1 atom stereocenters. The fourth-order valence-electron chi connectivity index (χ4n) is 8.44. The first-order valence-electron chi connectivity index (χ1n) is 20.3. The third-order valence-electron chi connectivity index (χ3n) is 11.8. The van der Waals surface area contributed by atoms with Crippen LogP contribution in [0, 0.1) is 11.3 Å². The number of likely N-dealkylation sites (tertiary alicyclic amines) is 1. The molecule has 0 spiro atoms. The number of benzene rings is 2. The molecule has 0 saturated carbocycles. The average molecular weight is 863 g/mol. The Morgan fingerprint density at radius 2 is 1.69 bits per heavy atom. The minimum absolute atomic E-state index is 0. The van der Waals surface area contributed by atoms with Crippen molar-refractivity contribution in [3.05, 3.63) is 52.5 Å². The molecule has 4 aliphatic heterocycles. The van der Waals surface area contributed by atoms with Crippen LogP contribution in [0.15, 0.2) is 41.3 Å². The van der Waals surface area contributed by atoms with Crippen molar-refractivity contribution in [2.45, 2.75) is 69.7 Å². The third kappa shape index (κ3) is 10.8. The van der Waals surface area contributed by atoms with E-state index in [2.05, 4.69) is 28.8 Å². The summed E-state index contributed by atoms with van der Waals surface area (Å²) in [6.07, 6.45) is 3.12. The second-order valence-electron chi connectivity index (χ2n) is 16.7. The summed E-state index contributed by atoms with van der Waals surface area (Å²) in [5.41, 5.74) is 2.79. The van der Waals surface area contributed by atoms with E-state index in [4.69, 9.17) is 9.72 Å². The van der Waals surface area contributed by atoms with Gasteiger partial charge in [-0.2, -0.15) is 4.72 Å². The molecule has 7 rings (SSSR count). The van der Waals surface area contributed by atoms with E-state index in [9.17, 15) is 27.2 Å². The number of carbonyl (C=O) groups is 3. The Balaban J connectivity index is 0.00000567. The Morgan fingerprint density at radius 3 is 2.40 bits per heavy atom. The van der Waals surface area contributed by atoms with Gasteiger partial charge in [0.05, 0.1) is 47.3 Å². The van der Waals surface area contributed by atoms with Crippen LogP contribution in [0.25, 0.3) is 10.2 Å². The maximum absolute atomic E-state index is 14.6. The summed E-state index contributed by atoms with van der Waals surface area (Å²) in [6, 6.07) is 10.2. The number of nitrogens with zero attached hydrogens (tertiary/aromatic N) is 5. The van der Waals surface area contributed by atoms with E-state index in [1.54, 1.807) is 11.0 Å². The number of aromatic nitrogens is 1. The van der Waals surface area contributed by atoms with E-state index in [1.807, 2.05) is 40.1 Å². The first kappa shape index (κ1) is 44.2. The van der Waals surface area contributed by atoms with Crippen LogP contribution in [0.4, 0.5) is 10.1 Å². The highest BCUT2D eigenvalue weighted by Crippen LogP contribution is 2.38. The topological polar surface area (TPSA) is 144 Å². The predicted octanol–water partition coefficient (Wildman–Crippen LogP) is 4.14. The van der Waals surface area contributed by atoms with Gasteiger partial charge in [-0.15, -0.1) is 23.7 Å². The molecule has 13 nitrogen and oxygen atoms in total. The summed E-state index contributed by atoms with van der Waals surface area (Å²) in [7, 11) is -4.27. The lowest BCUT2D eigenvalue weighted by Gasteiger charge is -2.36. The lowest BCUT2D eigenvalue weighted by atomic mass is 9.81. The molecular formula is C41H57ClFN7O6S2. The second kappa shape index (κ2) is 19.3. The standard InChI is InChI=1S/C41H56FN7O6S2.ClH/c1-41(2)26-31-23-30(7-8-37(50)47-17-15-46(16-18-47)27-38(51)48-19-21-55-22-20-48)24-35(39(31)43-28-41)57(53,54)45-33(25-36-44-32-5-3-4-6-34(32)56-36)40(52)49-13-10-29(9-12-42)11-14-49;/h3-6,23-24,29,33,43,45H,7-22,25-28H2,1-2H3;1H/t33-;/m0./s1. The Morgan fingerprint density at radius 1 is 0.983 bits per heavy atom. The highest BCUT2D eigenvalue weighted by molar-refractivity contribution is 7.89. The van der Waals surface area contributed by atoms with Crippen molar-refractivity contribution in [2.24, 2.45) is 11.3 Å². The number of morpholine rings is 1. The van der Waals surface area contributed by atoms with E-state index in [1.165, 1.54) is 11.3 Å². The molecule has 318 valence electrons. The summed E-state index contributed by atoms with van der Waals surface area (Å²) >= 11 is 1.44. The number of amides is 3. The molecule has 2 aromatic carbocycles. The molecule has 0 aliphatic carbocycles. The zero-order valence-corrected chi connectivity index (χ0v) is 36.0. The van der Waals surface area contributed by atoms with Gasteiger partial charge in [0.25, 0.3) is 0 Å². The van der Waals surface area contributed by atoms with Crippen LogP contribution in [0.3, 0.4) is 0 Å². The fourth-order valence-corrected chi connectivity index (χ4v) is 10.9. The maximum Gasteiger partial charge on any atom is 0.243 e. The number of para-hydroxylation sites is 1. The number of hydrogen-bond donors (Lipinski definition) is 2. The summed E-state index contributed by atoms with van der Waals surface area (Å²) < 4.78 is 51.5. The Hall–Kier alpha value is -3.41. The van der Waals surface area contributed by atoms with Crippen molar-refractivity contribution in [3.8, 4) is 0 Å². The van der Waals surface area contributed by atoms with E-state index in [0.29, 0.717) is 121 Å². The number of sulfonamides is 1. The first-order chi connectivity index (χ1) is 27.4. The van der Waals surface area contributed by atoms with E-state index in [0.717, 1.165) is 21.3 Å². The van der Waals surface area contributed by atoms with Gasteiger partial charge in [-0.25, -0.2) is 13.4 Å². The maximum atomic E-state index is 14.6. The number of anilines is 1. The number of piperazine rings is 1. The largest absolute Gasteiger partial charge is 0.383 e. The van der Waals surface area contributed by atoms with E-state index >= 15 is 0 Å². The van der Waals surface area contributed by atoms with Crippen LogP contribution in [0.1, 0.15) is 55.7 Å². The summed E-state index contributed by atoms with van der Waals surface area (Å²) in [5.74, 6) is -0.0298. The van der Waals surface area contributed by atoms with Crippen LogP contribution in [0.2, 0.25) is 0 Å². The number of nitrogens with one attached hydrogen (secondary N) is 2. The number of aryl methyl sites for hydroxylation is 1. The van der Waals surface area contributed by atoms with Crippen LogP contribution in [0.5, 0.6) is 0 Å². The normalized spacial score (nSPS) is 19.6. The summed E-state index contributed by atoms with van der Waals surface area (Å²) in [4.78, 5) is 52.7. The highest BCUT2D eigenvalue weighted by atomic mass is 35.5. The van der Waals surface area contributed by atoms with Crippen molar-refractivity contribution in [1.82, 2.24) is 29.3 Å². The molecule has 4 aliphatic rings. The number of halogens is 2. The molecule has 2 N–H and O–H groups in total. The number of rotatable bonds is 13. The van der Waals surface area contributed by atoms with Crippen molar-refractivity contribution in [3.63, 3.8) is 0 Å². The van der Waals surface area contributed by atoms with Gasteiger partial charge in [0.1, 0.15) is 10.9 Å². The zero-order valence-electron chi connectivity index (χ0n) is 33.5. The molecule has 1 aromatic heterocycles. The van der Waals surface area contributed by atoms with Gasteiger partial charge in [0.15, 0.2) is 0 Å². The van der Waals surface area contributed by atoms with Crippen molar-refractivity contribution < 1.29 is 31.9 Å². The number of carbonyl (C=O) groups excluding carboxylic acids is 3. The monoisotopic (exact) mass is 861 g/mol. The molecule has 0 unspecified atom stereocenters. The van der Waals surface area contributed by atoms with Gasteiger partial charge in [0.2, 0.25) is 27.7 Å². The number of fused-ring (bicyclic) bond motifs is 2. The lowest BCUT2D eigenvalue weighted by molar-refractivity contribution is -0.138. The number of piperidine rings is 1. The molecule has 3 fully saturated rings. The summed E-state index contributed by atoms with van der Waals surface area (Å²) in [5, 5.41) is 4.05. The molecule has 58 heavy (non-hydrogen) atoms. The average Bonchev–Trinajstić information content (AvgIpc) is 3.62. The molecule has 17 heteroatoms. The molecule has 3 amide bonds. The minimum Gasteiger partial charge on any atom is -0.383 e. The van der Waals surface area contributed by atoms with Crippen LogP contribution < -0.4 is 10.0 Å². The quantitative estimate of drug-likeness (QED) is 0.259. The molecule has 0 radical (unpaired) electrons. The molecule has 0 bridgehead atoms. The van der Waals surface area contributed by atoms with Gasteiger partial charge < -0.3 is 24.8 Å². The van der Waals surface area contributed by atoms with Crippen molar-refractivity contribution >= 4 is 67.4 Å². The van der Waals surface area contributed by atoms with Crippen LogP contribution in [-0.4, -0.2) is 142 Å². The Kier molecular flexibility index (Phi) is 14.7. The predicted molar refractivity (Wildman–Crippen MR) is 226 cm³/mol. The van der Waals surface area contributed by atoms with Gasteiger partial charge in [-0.1, -0.05) is 32.0 Å². The fraction of sp³-hybridized carbons (Fsp3) is 0.610. The smallest absolute Gasteiger partial charge is 0.243 e. The van der Waals surface area contributed by atoms with Crippen molar-refractivity contribution in [1.29, 1.82) is 0 Å². The van der Waals surface area contributed by atoms with E-state index < -0.39 is 22.7 Å². The van der Waals surface area contributed by atoms with Gasteiger partial charge in [-0.05, 0) is 72.8 Å². The van der Waals surface area contributed by atoms with Gasteiger partial charge in [-0.3, -0.25) is 23.7 Å². The number of alkyl halides is 1. The van der Waals surface area contributed by atoms with Crippen LogP contribution >= 0.6 is 23.7 Å². The Bertz CT molecular complexity index is 2000. The minimum atomic E-state index is -4.27. The number of ether oxygens (including phenoxy) is 1. The molecule has 3 saturated heterocycles. The third-order valence-corrected chi connectivity index (χ3v) is 14.3. The molecular weight excluding hydrogens is 805 g/mol. The first-order valence-corrected chi connectivity index (χ1v) is 22.6. The Labute approximate surface area is 351 Å².